The van der Waals surface area contributed by atoms with E-state index in [0.717, 1.165) is 23.4 Å². The van der Waals surface area contributed by atoms with Gasteiger partial charge in [0.05, 0.1) is 5.92 Å². The van der Waals surface area contributed by atoms with Crippen LogP contribution in [0.25, 0.3) is 0 Å². The molecule has 1 unspecified atom stereocenters. The quantitative estimate of drug-likeness (QED) is 0.936. The van der Waals surface area contributed by atoms with Gasteiger partial charge in [-0.05, 0) is 43.2 Å². The largest absolute Gasteiger partial charge is 0.326 e. The van der Waals surface area contributed by atoms with E-state index >= 15 is 0 Å². The summed E-state index contributed by atoms with van der Waals surface area (Å²) < 4.78 is 0. The first kappa shape index (κ1) is 16.2. The molecule has 3 rings (SSSR count). The molecule has 124 valence electrons. The highest BCUT2D eigenvalue weighted by Gasteiger charge is 2.35. The fourth-order valence-electron chi connectivity index (χ4n) is 2.97. The van der Waals surface area contributed by atoms with Gasteiger partial charge < -0.3 is 10.2 Å². The molecule has 4 nitrogen and oxygen atoms in total. The summed E-state index contributed by atoms with van der Waals surface area (Å²) in [6.45, 7) is 4.52. The minimum atomic E-state index is -0.316. The Hall–Kier alpha value is -2.62. The third-order valence-electron chi connectivity index (χ3n) is 4.44. The Morgan fingerprint density at radius 2 is 1.96 bits per heavy atom. The molecule has 4 heteroatoms. The Labute approximate surface area is 142 Å². The van der Waals surface area contributed by atoms with Gasteiger partial charge in [0, 0.05) is 24.3 Å². The number of rotatable bonds is 4. The van der Waals surface area contributed by atoms with Crippen molar-refractivity contribution in [2.45, 2.75) is 26.7 Å². The average Bonchev–Trinajstić information content (AvgIpc) is 2.98. The van der Waals surface area contributed by atoms with E-state index in [1.54, 1.807) is 4.90 Å². The van der Waals surface area contributed by atoms with Crippen LogP contribution in [0.5, 0.6) is 0 Å². The lowest BCUT2D eigenvalue weighted by Gasteiger charge is -2.17. The highest BCUT2D eigenvalue weighted by molar-refractivity contribution is 6.03. The summed E-state index contributed by atoms with van der Waals surface area (Å²) >= 11 is 0. The van der Waals surface area contributed by atoms with Gasteiger partial charge in [-0.25, -0.2) is 0 Å². The third-order valence-corrected chi connectivity index (χ3v) is 4.44. The maximum atomic E-state index is 12.5. The number of hydrogen-bond acceptors (Lipinski definition) is 2. The first-order chi connectivity index (χ1) is 11.6. The normalized spacial score (nSPS) is 17.2. The Balaban J connectivity index is 1.68. The van der Waals surface area contributed by atoms with Gasteiger partial charge in [0.1, 0.15) is 0 Å². The van der Waals surface area contributed by atoms with Crippen LogP contribution in [0.3, 0.4) is 0 Å². The van der Waals surface area contributed by atoms with Gasteiger partial charge >= 0.3 is 0 Å². The van der Waals surface area contributed by atoms with Gasteiger partial charge in [0.25, 0.3) is 0 Å². The zero-order chi connectivity index (χ0) is 17.1. The van der Waals surface area contributed by atoms with Crippen LogP contribution >= 0.6 is 0 Å². The number of benzene rings is 2. The lowest BCUT2D eigenvalue weighted by molar-refractivity contribution is -0.122. The van der Waals surface area contributed by atoms with Gasteiger partial charge in [-0.1, -0.05) is 36.8 Å². The highest BCUT2D eigenvalue weighted by atomic mass is 16.2. The summed E-state index contributed by atoms with van der Waals surface area (Å²) in [6.07, 6.45) is 1.18. The Morgan fingerprint density at radius 3 is 2.67 bits per heavy atom. The molecule has 24 heavy (non-hydrogen) atoms. The van der Waals surface area contributed by atoms with Crippen LogP contribution in [0.2, 0.25) is 0 Å². The van der Waals surface area contributed by atoms with E-state index in [2.05, 4.69) is 12.2 Å². The minimum absolute atomic E-state index is 0.00121. The predicted octanol–water partition coefficient (Wildman–Crippen LogP) is 3.55. The van der Waals surface area contributed by atoms with Crippen molar-refractivity contribution < 1.29 is 9.59 Å². The lowest BCUT2D eigenvalue weighted by Crippen LogP contribution is -2.28. The van der Waals surface area contributed by atoms with Crippen molar-refractivity contribution in [3.05, 3.63) is 59.7 Å². The van der Waals surface area contributed by atoms with Gasteiger partial charge in [-0.15, -0.1) is 0 Å². The van der Waals surface area contributed by atoms with E-state index in [1.165, 1.54) is 5.56 Å². The standard InChI is InChI=1S/C20H22N2O2/c1-3-15-5-4-6-17(11-15)21-20(24)16-12-19(23)22(13-16)18-9-7-14(2)8-10-18/h4-11,16H,3,12-13H2,1-2H3,(H,21,24). The topological polar surface area (TPSA) is 49.4 Å². The fraction of sp³-hybridized carbons (Fsp3) is 0.300. The summed E-state index contributed by atoms with van der Waals surface area (Å²) in [5, 5.41) is 2.94. The van der Waals surface area contributed by atoms with E-state index in [1.807, 2.05) is 55.5 Å². The van der Waals surface area contributed by atoms with Crippen molar-refractivity contribution in [1.82, 2.24) is 0 Å². The second-order valence-corrected chi connectivity index (χ2v) is 6.28. The van der Waals surface area contributed by atoms with Crippen LogP contribution < -0.4 is 10.2 Å². The molecule has 0 aromatic heterocycles. The molecule has 2 aromatic rings. The van der Waals surface area contributed by atoms with E-state index < -0.39 is 0 Å². The zero-order valence-corrected chi connectivity index (χ0v) is 14.1. The van der Waals surface area contributed by atoms with Crippen LogP contribution in [-0.4, -0.2) is 18.4 Å². The smallest absolute Gasteiger partial charge is 0.229 e. The number of carbonyl (C=O) groups excluding carboxylic acids is 2. The Kier molecular flexibility index (Phi) is 4.65. The molecule has 0 bridgehead atoms. The van der Waals surface area contributed by atoms with Crippen LogP contribution in [0.4, 0.5) is 11.4 Å². The molecule has 0 spiro atoms. The van der Waals surface area contributed by atoms with Gasteiger partial charge in [0.15, 0.2) is 0 Å². The van der Waals surface area contributed by atoms with Crippen molar-refractivity contribution in [1.29, 1.82) is 0 Å². The Bertz CT molecular complexity index is 752. The highest BCUT2D eigenvalue weighted by Crippen LogP contribution is 2.26. The predicted molar refractivity (Wildman–Crippen MR) is 96.1 cm³/mol. The molecule has 1 aliphatic heterocycles. The van der Waals surface area contributed by atoms with Crippen molar-refractivity contribution in [3.63, 3.8) is 0 Å². The van der Waals surface area contributed by atoms with E-state index in [0.29, 0.717) is 6.54 Å². The molecular formula is C20H22N2O2. The number of amides is 2. The molecule has 1 fully saturated rings. The molecular weight excluding hydrogens is 300 g/mol. The maximum Gasteiger partial charge on any atom is 0.229 e. The summed E-state index contributed by atoms with van der Waals surface area (Å²) in [7, 11) is 0. The molecule has 0 aliphatic carbocycles. The van der Waals surface area contributed by atoms with E-state index in [9.17, 15) is 9.59 Å². The van der Waals surface area contributed by atoms with Gasteiger partial charge in [-0.3, -0.25) is 9.59 Å². The molecule has 1 saturated heterocycles. The number of carbonyl (C=O) groups is 2. The van der Waals surface area contributed by atoms with Crippen LogP contribution in [-0.2, 0) is 16.0 Å². The Morgan fingerprint density at radius 1 is 1.21 bits per heavy atom. The SMILES string of the molecule is CCc1cccc(NC(=O)C2CC(=O)N(c3ccc(C)cc3)C2)c1. The summed E-state index contributed by atoms with van der Waals surface area (Å²) in [5.41, 5.74) is 3.97. The van der Waals surface area contributed by atoms with Crippen molar-refractivity contribution in [2.24, 2.45) is 5.92 Å². The van der Waals surface area contributed by atoms with Crippen LogP contribution in [0, 0.1) is 12.8 Å². The second-order valence-electron chi connectivity index (χ2n) is 6.28. The summed E-state index contributed by atoms with van der Waals surface area (Å²) in [6, 6.07) is 15.6. The molecule has 0 saturated carbocycles. The second kappa shape index (κ2) is 6.87. The number of nitrogens with one attached hydrogen (secondary N) is 1. The molecule has 2 amide bonds. The average molecular weight is 322 g/mol. The molecule has 1 aliphatic rings. The van der Waals surface area contributed by atoms with Gasteiger partial charge in [0.2, 0.25) is 11.8 Å². The number of nitrogens with zero attached hydrogens (tertiary/aromatic N) is 1. The molecule has 1 atom stereocenters. The first-order valence-electron chi connectivity index (χ1n) is 8.33. The lowest BCUT2D eigenvalue weighted by atomic mass is 10.1. The summed E-state index contributed by atoms with van der Waals surface area (Å²) in [4.78, 5) is 26.5. The number of hydrogen-bond donors (Lipinski definition) is 1. The summed E-state index contributed by atoms with van der Waals surface area (Å²) in [5.74, 6) is -0.406. The van der Waals surface area contributed by atoms with Crippen LogP contribution in [0.15, 0.2) is 48.5 Å². The first-order valence-corrected chi connectivity index (χ1v) is 8.33. The molecule has 1 heterocycles. The van der Waals surface area contributed by atoms with E-state index in [4.69, 9.17) is 0 Å². The maximum absolute atomic E-state index is 12.5. The fourth-order valence-corrected chi connectivity index (χ4v) is 2.97. The number of anilines is 2. The van der Waals surface area contributed by atoms with Crippen LogP contribution in [0.1, 0.15) is 24.5 Å². The molecule has 0 radical (unpaired) electrons. The van der Waals surface area contributed by atoms with Crippen molar-refractivity contribution >= 4 is 23.2 Å². The zero-order valence-electron chi connectivity index (χ0n) is 14.1. The molecule has 2 aromatic carbocycles. The monoisotopic (exact) mass is 322 g/mol. The molecule has 1 N–H and O–H groups in total. The third kappa shape index (κ3) is 3.48. The van der Waals surface area contributed by atoms with Gasteiger partial charge in [-0.2, -0.15) is 0 Å². The van der Waals surface area contributed by atoms with E-state index in [-0.39, 0.29) is 24.2 Å². The number of aryl methyl sites for hydroxylation is 2. The van der Waals surface area contributed by atoms with Crippen molar-refractivity contribution in [3.8, 4) is 0 Å². The van der Waals surface area contributed by atoms with Crippen molar-refractivity contribution in [2.75, 3.05) is 16.8 Å². The minimum Gasteiger partial charge on any atom is -0.326 e.